The van der Waals surface area contributed by atoms with Gasteiger partial charge < -0.3 is 4.74 Å². The fraction of sp³-hybridized carbons (Fsp3) is 0.619. The van der Waals surface area contributed by atoms with Crippen LogP contribution in [0.1, 0.15) is 81.6 Å². The summed E-state index contributed by atoms with van der Waals surface area (Å²) in [5, 5.41) is 0. The fourth-order valence-electron chi connectivity index (χ4n) is 4.37. The van der Waals surface area contributed by atoms with Crippen molar-refractivity contribution in [2.75, 3.05) is 0 Å². The van der Waals surface area contributed by atoms with Gasteiger partial charge >= 0.3 is 5.97 Å². The number of carbonyl (C=O) groups is 2. The molecule has 3 fully saturated rings. The van der Waals surface area contributed by atoms with Gasteiger partial charge in [0.15, 0.2) is 5.78 Å². The number of carbonyl (C=O) groups excluding carboxylic acids is 2. The lowest BCUT2D eigenvalue weighted by Gasteiger charge is -2.53. The molecular weight excluding hydrogens is 380 g/mol. The summed E-state index contributed by atoms with van der Waals surface area (Å²) in [5.41, 5.74) is 2.04. The van der Waals surface area contributed by atoms with E-state index in [9.17, 15) is 9.59 Å². The zero-order chi connectivity index (χ0) is 18.3. The summed E-state index contributed by atoms with van der Waals surface area (Å²) in [6.45, 7) is 5.61. The predicted molar refractivity (Wildman–Crippen MR) is 102 cm³/mol. The first-order chi connectivity index (χ1) is 11.7. The number of ketones is 1. The third-order valence-electron chi connectivity index (χ3n) is 6.10. The van der Waals surface area contributed by atoms with E-state index in [0.717, 1.165) is 44.1 Å². The molecule has 4 rings (SSSR count). The summed E-state index contributed by atoms with van der Waals surface area (Å²) in [4.78, 5) is 24.1. The number of alkyl halides is 1. The average Bonchev–Trinajstić information content (AvgIpc) is 2.61. The average molecular weight is 407 g/mol. The molecule has 0 unspecified atom stereocenters. The van der Waals surface area contributed by atoms with Crippen LogP contribution in [0, 0.1) is 0 Å². The van der Waals surface area contributed by atoms with Gasteiger partial charge in [0, 0.05) is 12.0 Å². The first-order valence-corrected chi connectivity index (χ1v) is 10.1. The topological polar surface area (TPSA) is 43.4 Å². The number of hydrogen-bond donors (Lipinski definition) is 0. The molecule has 0 N–H and O–H groups in total. The monoisotopic (exact) mass is 406 g/mol. The fourth-order valence-corrected chi connectivity index (χ4v) is 4.60. The van der Waals surface area contributed by atoms with Crippen molar-refractivity contribution < 1.29 is 14.3 Å². The molecular formula is C21H27BrO3. The zero-order valence-electron chi connectivity index (χ0n) is 15.4. The Labute approximate surface area is 158 Å². The number of ether oxygens (including phenoxy) is 1. The number of rotatable bonds is 5. The number of halogens is 1. The minimum atomic E-state index is -0.536. The van der Waals surface area contributed by atoms with E-state index >= 15 is 0 Å². The summed E-state index contributed by atoms with van der Waals surface area (Å²) in [6, 6.07) is 8.18. The highest BCUT2D eigenvalue weighted by Gasteiger charge is 2.51. The molecule has 1 aromatic carbocycles. The maximum atomic E-state index is 12.4. The van der Waals surface area contributed by atoms with Gasteiger partial charge in [0.05, 0.1) is 4.32 Å². The van der Waals surface area contributed by atoms with E-state index in [0.29, 0.717) is 6.42 Å². The van der Waals surface area contributed by atoms with Crippen LogP contribution in [0.5, 0.6) is 0 Å². The van der Waals surface area contributed by atoms with Gasteiger partial charge in [-0.1, -0.05) is 47.1 Å². The van der Waals surface area contributed by atoms with Gasteiger partial charge in [0.2, 0.25) is 0 Å². The summed E-state index contributed by atoms with van der Waals surface area (Å²) < 4.78 is 5.26. The molecule has 0 atom stereocenters. The normalized spacial score (nSPS) is 28.6. The van der Waals surface area contributed by atoms with Crippen molar-refractivity contribution >= 4 is 27.7 Å². The molecule has 3 saturated carbocycles. The second-order valence-electron chi connectivity index (χ2n) is 8.17. The number of benzene rings is 1. The Balaban J connectivity index is 1.74. The molecule has 25 heavy (non-hydrogen) atoms. The summed E-state index contributed by atoms with van der Waals surface area (Å²) >= 11 is 3.45. The van der Waals surface area contributed by atoms with E-state index in [-0.39, 0.29) is 22.8 Å². The van der Waals surface area contributed by atoms with E-state index in [1.807, 2.05) is 32.9 Å². The lowest BCUT2D eigenvalue weighted by molar-refractivity contribution is -0.172. The van der Waals surface area contributed by atoms with Gasteiger partial charge in [0.25, 0.3) is 0 Å². The zero-order valence-corrected chi connectivity index (χ0v) is 16.9. The summed E-state index contributed by atoms with van der Waals surface area (Å²) in [5.74, 6) is 0.0315. The van der Waals surface area contributed by atoms with Crippen LogP contribution in [-0.2, 0) is 14.9 Å². The van der Waals surface area contributed by atoms with Crippen LogP contribution in [0.15, 0.2) is 24.3 Å². The summed E-state index contributed by atoms with van der Waals surface area (Å²) in [6.07, 6.45) is 6.48. The minimum absolute atomic E-state index is 0.0744. The SMILES string of the molecule is CCC(=O)OC12CCC(c3ccc(C(=O)C(C)(C)Br)cc3)(CC1)CC2. The first kappa shape index (κ1) is 18.6. The lowest BCUT2D eigenvalue weighted by Crippen LogP contribution is -2.50. The first-order valence-electron chi connectivity index (χ1n) is 9.26. The van der Waals surface area contributed by atoms with Crippen molar-refractivity contribution in [1.82, 2.24) is 0 Å². The highest BCUT2D eigenvalue weighted by molar-refractivity contribution is 9.10. The van der Waals surface area contributed by atoms with Gasteiger partial charge in [-0.2, -0.15) is 0 Å². The number of esters is 1. The van der Waals surface area contributed by atoms with Crippen molar-refractivity contribution in [3.8, 4) is 0 Å². The van der Waals surface area contributed by atoms with Gasteiger partial charge in [0.1, 0.15) is 5.60 Å². The largest absolute Gasteiger partial charge is 0.459 e. The Bertz CT molecular complexity index is 645. The Morgan fingerprint density at radius 3 is 2.00 bits per heavy atom. The van der Waals surface area contributed by atoms with Crippen molar-refractivity contribution in [2.24, 2.45) is 0 Å². The Morgan fingerprint density at radius 1 is 1.04 bits per heavy atom. The maximum absolute atomic E-state index is 12.4. The van der Waals surface area contributed by atoms with Crippen LogP contribution >= 0.6 is 15.9 Å². The molecule has 4 heteroatoms. The standard InChI is InChI=1S/C21H27BrO3/c1-4-17(23)25-21-12-9-20(10-13-21,11-14-21)16-7-5-15(6-8-16)18(24)19(2,3)22/h5-8H,4,9-14H2,1-3H3. The lowest BCUT2D eigenvalue weighted by atomic mass is 9.56. The van der Waals surface area contributed by atoms with E-state index in [1.165, 1.54) is 5.56 Å². The molecule has 1 aromatic rings. The van der Waals surface area contributed by atoms with Crippen LogP contribution in [-0.4, -0.2) is 21.7 Å². The maximum Gasteiger partial charge on any atom is 0.306 e. The van der Waals surface area contributed by atoms with Crippen LogP contribution < -0.4 is 0 Å². The highest BCUT2D eigenvalue weighted by atomic mass is 79.9. The van der Waals surface area contributed by atoms with Crippen LogP contribution in [0.25, 0.3) is 0 Å². The van der Waals surface area contributed by atoms with Gasteiger partial charge in [-0.3, -0.25) is 9.59 Å². The molecule has 0 radical (unpaired) electrons. The van der Waals surface area contributed by atoms with E-state index in [4.69, 9.17) is 4.74 Å². The van der Waals surface area contributed by atoms with Crippen LogP contribution in [0.4, 0.5) is 0 Å². The number of Topliss-reactive ketones (excluding diaryl/α,β-unsaturated/α-hetero) is 1. The van der Waals surface area contributed by atoms with Gasteiger partial charge in [-0.25, -0.2) is 0 Å². The highest BCUT2D eigenvalue weighted by Crippen LogP contribution is 2.55. The third-order valence-corrected chi connectivity index (χ3v) is 6.46. The van der Waals surface area contributed by atoms with Crippen molar-refractivity contribution in [3.63, 3.8) is 0 Å². The number of fused-ring (bicyclic) bond motifs is 3. The molecule has 3 aliphatic rings. The Hall–Kier alpha value is -1.16. The van der Waals surface area contributed by atoms with Gasteiger partial charge in [-0.05, 0) is 63.4 Å². The Kier molecular flexibility index (Phi) is 4.87. The molecule has 0 aromatic heterocycles. The molecule has 0 spiro atoms. The second-order valence-corrected chi connectivity index (χ2v) is 10.2. The van der Waals surface area contributed by atoms with Crippen molar-refractivity contribution in [1.29, 1.82) is 0 Å². The molecule has 0 aliphatic heterocycles. The minimum Gasteiger partial charge on any atom is -0.459 e. The van der Waals surface area contributed by atoms with Crippen LogP contribution in [0.3, 0.4) is 0 Å². The smallest absolute Gasteiger partial charge is 0.306 e. The van der Waals surface area contributed by atoms with Crippen molar-refractivity contribution in [2.45, 2.75) is 81.1 Å². The Morgan fingerprint density at radius 2 is 1.56 bits per heavy atom. The molecule has 0 heterocycles. The van der Waals surface area contributed by atoms with Gasteiger partial charge in [-0.15, -0.1) is 0 Å². The van der Waals surface area contributed by atoms with Crippen LogP contribution in [0.2, 0.25) is 0 Å². The third kappa shape index (κ3) is 3.55. The van der Waals surface area contributed by atoms with E-state index in [2.05, 4.69) is 28.1 Å². The van der Waals surface area contributed by atoms with E-state index < -0.39 is 4.32 Å². The van der Waals surface area contributed by atoms with E-state index in [1.54, 1.807) is 0 Å². The molecule has 0 amide bonds. The molecule has 136 valence electrons. The summed E-state index contributed by atoms with van der Waals surface area (Å²) in [7, 11) is 0. The van der Waals surface area contributed by atoms with Crippen molar-refractivity contribution in [3.05, 3.63) is 35.4 Å². The molecule has 0 saturated heterocycles. The molecule has 3 aliphatic carbocycles. The molecule has 3 nitrogen and oxygen atoms in total. The molecule has 2 bridgehead atoms. The predicted octanol–water partition coefficient (Wildman–Crippen LogP) is 5.34. The second kappa shape index (κ2) is 6.53. The quantitative estimate of drug-likeness (QED) is 0.376. The number of hydrogen-bond acceptors (Lipinski definition) is 3.